The van der Waals surface area contributed by atoms with E-state index in [2.05, 4.69) is 63.0 Å². The zero-order valence-electron chi connectivity index (χ0n) is 11.9. The van der Waals surface area contributed by atoms with E-state index in [0.29, 0.717) is 0 Å². The van der Waals surface area contributed by atoms with Crippen LogP contribution in [0.5, 0.6) is 0 Å². The molecule has 18 heavy (non-hydrogen) atoms. The first-order chi connectivity index (χ1) is 8.51. The first-order valence-electron chi connectivity index (χ1n) is 6.60. The van der Waals surface area contributed by atoms with Crippen LogP contribution >= 0.6 is 0 Å². The first-order valence-corrected chi connectivity index (χ1v) is 12.8. The SMILES string of the molecule is CCCC[Te]/C(=C/c1ccccc1)O[Si](C)(C)C. The molecule has 1 nitrogen and oxygen atoms in total. The fourth-order valence-electron chi connectivity index (χ4n) is 1.40. The third-order valence-corrected chi connectivity index (χ3v) is 6.32. The van der Waals surface area contributed by atoms with Crippen molar-refractivity contribution in [1.29, 1.82) is 0 Å². The van der Waals surface area contributed by atoms with E-state index < -0.39 is 8.32 Å². The van der Waals surface area contributed by atoms with Crippen LogP contribution in [0.4, 0.5) is 0 Å². The van der Waals surface area contributed by atoms with Gasteiger partial charge in [-0.15, -0.1) is 0 Å². The van der Waals surface area contributed by atoms with E-state index in [-0.39, 0.29) is 20.9 Å². The summed E-state index contributed by atoms with van der Waals surface area (Å²) in [6.07, 6.45) is 4.88. The van der Waals surface area contributed by atoms with Crippen molar-refractivity contribution >= 4 is 35.3 Å². The molecule has 0 amide bonds. The molecule has 1 aromatic rings. The Bertz CT molecular complexity index is 368. The molecule has 0 aromatic heterocycles. The van der Waals surface area contributed by atoms with Crippen molar-refractivity contribution in [2.24, 2.45) is 0 Å². The van der Waals surface area contributed by atoms with Crippen LogP contribution in [0.15, 0.2) is 34.1 Å². The van der Waals surface area contributed by atoms with Gasteiger partial charge in [0.05, 0.1) is 0 Å². The van der Waals surface area contributed by atoms with Crippen molar-refractivity contribution in [3.8, 4) is 0 Å². The molecule has 3 heteroatoms. The third-order valence-electron chi connectivity index (χ3n) is 2.23. The molecule has 0 aliphatic heterocycles. The summed E-state index contributed by atoms with van der Waals surface area (Å²) in [7, 11) is -1.47. The molecule has 0 heterocycles. The monoisotopic (exact) mass is 378 g/mol. The van der Waals surface area contributed by atoms with E-state index in [1.54, 1.807) is 0 Å². The number of hydrogen-bond acceptors (Lipinski definition) is 1. The maximum atomic E-state index is 6.25. The third kappa shape index (κ3) is 7.26. The number of rotatable bonds is 7. The van der Waals surface area contributed by atoms with Crippen LogP contribution in [0.1, 0.15) is 25.3 Å². The van der Waals surface area contributed by atoms with Crippen LogP contribution in [-0.2, 0) is 4.43 Å². The van der Waals surface area contributed by atoms with Crippen molar-refractivity contribution < 1.29 is 4.43 Å². The average Bonchev–Trinajstić information content (AvgIpc) is 2.28. The molecule has 0 fully saturated rings. The summed E-state index contributed by atoms with van der Waals surface area (Å²) in [5.41, 5.74) is 1.27. The van der Waals surface area contributed by atoms with Gasteiger partial charge in [0.25, 0.3) is 0 Å². The summed E-state index contributed by atoms with van der Waals surface area (Å²) in [4.78, 5) is 0. The van der Waals surface area contributed by atoms with E-state index >= 15 is 0 Å². The summed E-state index contributed by atoms with van der Waals surface area (Å²) in [5, 5.41) is 0. The molecule has 0 saturated carbocycles. The molecular formula is C15H24OSiTe. The Morgan fingerprint density at radius 1 is 1.22 bits per heavy atom. The van der Waals surface area contributed by atoms with Crippen molar-refractivity contribution in [3.63, 3.8) is 0 Å². The summed E-state index contributed by atoms with van der Waals surface area (Å²) in [5.74, 6) is 0. The summed E-state index contributed by atoms with van der Waals surface area (Å²) < 4.78 is 8.89. The molecule has 1 aromatic carbocycles. The van der Waals surface area contributed by atoms with Gasteiger partial charge in [-0.25, -0.2) is 0 Å². The number of hydrogen-bond donors (Lipinski definition) is 0. The molecule has 0 aliphatic rings. The minimum atomic E-state index is -1.47. The second-order valence-corrected chi connectivity index (χ2v) is 12.9. The zero-order valence-corrected chi connectivity index (χ0v) is 15.2. The normalized spacial score (nSPS) is 12.6. The van der Waals surface area contributed by atoms with E-state index in [1.807, 2.05) is 0 Å². The fraction of sp³-hybridized carbons (Fsp3) is 0.467. The molecule has 0 bridgehead atoms. The van der Waals surface area contributed by atoms with Crippen molar-refractivity contribution in [3.05, 3.63) is 39.7 Å². The Labute approximate surface area is 123 Å². The van der Waals surface area contributed by atoms with Crippen LogP contribution in [0.25, 0.3) is 6.08 Å². The molecule has 0 saturated heterocycles. The predicted octanol–water partition coefficient (Wildman–Crippen LogP) is 4.76. The molecule has 1 rings (SSSR count). The molecule has 0 aliphatic carbocycles. The molecule has 0 unspecified atom stereocenters. The van der Waals surface area contributed by atoms with Gasteiger partial charge in [0.15, 0.2) is 0 Å². The van der Waals surface area contributed by atoms with Gasteiger partial charge in [0, 0.05) is 0 Å². The second kappa shape index (κ2) is 8.04. The van der Waals surface area contributed by atoms with Crippen LogP contribution in [0.3, 0.4) is 0 Å². The molecule has 0 radical (unpaired) electrons. The Balaban J connectivity index is 2.73. The second-order valence-electron chi connectivity index (χ2n) is 5.29. The van der Waals surface area contributed by atoms with Crippen LogP contribution in [0, 0.1) is 0 Å². The molecule has 0 spiro atoms. The van der Waals surface area contributed by atoms with Crippen LogP contribution in [0.2, 0.25) is 24.1 Å². The van der Waals surface area contributed by atoms with Gasteiger partial charge in [-0.3, -0.25) is 0 Å². The van der Waals surface area contributed by atoms with Crippen LogP contribution < -0.4 is 0 Å². The van der Waals surface area contributed by atoms with E-state index in [1.165, 1.54) is 26.7 Å². The Hall–Kier alpha value is -0.234. The Morgan fingerprint density at radius 2 is 1.89 bits per heavy atom. The van der Waals surface area contributed by atoms with Gasteiger partial charge >= 0.3 is 123 Å². The fourth-order valence-corrected chi connectivity index (χ4v) is 7.21. The van der Waals surface area contributed by atoms with Gasteiger partial charge < -0.3 is 0 Å². The molecule has 0 N–H and O–H groups in total. The number of benzene rings is 1. The van der Waals surface area contributed by atoms with Crippen molar-refractivity contribution in [2.75, 3.05) is 0 Å². The Kier molecular flexibility index (Phi) is 7.07. The van der Waals surface area contributed by atoms with Gasteiger partial charge in [-0.05, 0) is 0 Å². The zero-order chi connectivity index (χ0) is 13.4. The van der Waals surface area contributed by atoms with Gasteiger partial charge in [-0.1, -0.05) is 0 Å². The predicted molar refractivity (Wildman–Crippen MR) is 84.3 cm³/mol. The summed E-state index contributed by atoms with van der Waals surface area (Å²) in [6.45, 7) is 9.04. The molecular weight excluding hydrogens is 352 g/mol. The Morgan fingerprint density at radius 3 is 2.44 bits per heavy atom. The van der Waals surface area contributed by atoms with Gasteiger partial charge in [-0.2, -0.15) is 0 Å². The topological polar surface area (TPSA) is 9.23 Å². The van der Waals surface area contributed by atoms with Gasteiger partial charge in [0.1, 0.15) is 0 Å². The van der Waals surface area contributed by atoms with Crippen molar-refractivity contribution in [2.45, 2.75) is 43.9 Å². The quantitative estimate of drug-likeness (QED) is 0.379. The summed E-state index contributed by atoms with van der Waals surface area (Å²) in [6, 6.07) is 10.5. The van der Waals surface area contributed by atoms with Crippen molar-refractivity contribution in [1.82, 2.24) is 0 Å². The van der Waals surface area contributed by atoms with E-state index in [0.717, 1.165) is 0 Å². The summed E-state index contributed by atoms with van der Waals surface area (Å²) >= 11 is -0.153. The average molecular weight is 376 g/mol. The van der Waals surface area contributed by atoms with E-state index in [9.17, 15) is 0 Å². The number of unbranched alkanes of at least 4 members (excludes halogenated alkanes) is 1. The minimum absolute atomic E-state index is 0.153. The molecule has 100 valence electrons. The maximum absolute atomic E-state index is 6.25. The molecule has 0 atom stereocenters. The first kappa shape index (κ1) is 15.8. The van der Waals surface area contributed by atoms with E-state index in [4.69, 9.17) is 4.43 Å². The van der Waals surface area contributed by atoms with Gasteiger partial charge in [0.2, 0.25) is 0 Å². The van der Waals surface area contributed by atoms with Crippen LogP contribution in [-0.4, -0.2) is 29.2 Å². The standard InChI is InChI=1S/C15H24OSiTe/c1-5-6-12-18-15(16-17(2,3)4)13-14-10-8-7-9-11-14/h7-11,13H,5-6,12H2,1-4H3/b15-13+.